The number of methoxy groups -OCH3 is 1. The SMILES string of the molecule is COc1ccc2nc(NC(=O)c3ccc(Cc4cc5c(cc4C)C(C)(C)CCC5(C)C)o3)sc2c1. The van der Waals surface area contributed by atoms with Crippen molar-refractivity contribution in [3.8, 4) is 5.75 Å². The zero-order chi connectivity index (χ0) is 25.0. The van der Waals surface area contributed by atoms with Gasteiger partial charge < -0.3 is 9.15 Å². The Morgan fingerprint density at radius 2 is 1.77 bits per heavy atom. The Morgan fingerprint density at radius 1 is 1.06 bits per heavy atom. The fourth-order valence-corrected chi connectivity index (χ4v) is 5.87. The maximum atomic E-state index is 12.8. The largest absolute Gasteiger partial charge is 0.497 e. The van der Waals surface area contributed by atoms with Gasteiger partial charge in [0.05, 0.1) is 17.3 Å². The molecule has 1 N–H and O–H groups in total. The first-order chi connectivity index (χ1) is 16.6. The van der Waals surface area contributed by atoms with Crippen LogP contribution in [0.4, 0.5) is 5.13 Å². The molecule has 1 aliphatic rings. The van der Waals surface area contributed by atoms with E-state index in [1.54, 1.807) is 13.2 Å². The number of carbonyl (C=O) groups excluding carboxylic acids is 1. The van der Waals surface area contributed by atoms with Gasteiger partial charge in [-0.05, 0) is 83.2 Å². The maximum Gasteiger partial charge on any atom is 0.293 e. The minimum Gasteiger partial charge on any atom is -0.497 e. The van der Waals surface area contributed by atoms with Crippen molar-refractivity contribution >= 4 is 32.6 Å². The van der Waals surface area contributed by atoms with Crippen molar-refractivity contribution in [2.24, 2.45) is 0 Å². The van der Waals surface area contributed by atoms with E-state index in [-0.39, 0.29) is 22.5 Å². The Bertz CT molecular complexity index is 1430. The molecule has 0 fully saturated rings. The van der Waals surface area contributed by atoms with E-state index in [9.17, 15) is 4.79 Å². The number of rotatable bonds is 5. The molecule has 182 valence electrons. The average Bonchev–Trinajstić information content (AvgIpc) is 3.44. The number of aromatic nitrogens is 1. The lowest BCUT2D eigenvalue weighted by Gasteiger charge is -2.42. The number of thiazole rings is 1. The number of nitrogens with zero attached hydrogens (tertiary/aromatic N) is 1. The molecule has 6 heteroatoms. The zero-order valence-electron chi connectivity index (χ0n) is 21.2. The summed E-state index contributed by atoms with van der Waals surface area (Å²) in [5, 5.41) is 3.40. The molecule has 0 atom stereocenters. The van der Waals surface area contributed by atoms with Crippen LogP contribution in [0.5, 0.6) is 5.75 Å². The molecule has 2 aromatic heterocycles. The van der Waals surface area contributed by atoms with Crippen LogP contribution >= 0.6 is 11.3 Å². The molecule has 0 saturated carbocycles. The number of hydrogen-bond acceptors (Lipinski definition) is 5. The number of ether oxygens (including phenoxy) is 1. The summed E-state index contributed by atoms with van der Waals surface area (Å²) >= 11 is 1.41. The molecule has 0 saturated heterocycles. The predicted octanol–water partition coefficient (Wildman–Crippen LogP) is 7.40. The van der Waals surface area contributed by atoms with Crippen LogP contribution < -0.4 is 10.1 Å². The minimum atomic E-state index is -0.299. The summed E-state index contributed by atoms with van der Waals surface area (Å²) < 4.78 is 12.2. The molecule has 0 bridgehead atoms. The fourth-order valence-electron chi connectivity index (χ4n) is 4.98. The second kappa shape index (κ2) is 8.52. The highest BCUT2D eigenvalue weighted by Crippen LogP contribution is 2.46. The van der Waals surface area contributed by atoms with Gasteiger partial charge in [-0.1, -0.05) is 51.2 Å². The van der Waals surface area contributed by atoms with Gasteiger partial charge in [-0.3, -0.25) is 10.1 Å². The molecular formula is C29H32N2O3S. The van der Waals surface area contributed by atoms with E-state index in [0.717, 1.165) is 21.7 Å². The van der Waals surface area contributed by atoms with Crippen molar-refractivity contribution in [3.63, 3.8) is 0 Å². The van der Waals surface area contributed by atoms with Gasteiger partial charge in [0.15, 0.2) is 10.9 Å². The van der Waals surface area contributed by atoms with E-state index in [0.29, 0.717) is 11.6 Å². The highest BCUT2D eigenvalue weighted by atomic mass is 32.1. The molecule has 0 radical (unpaired) electrons. The number of benzene rings is 2. The van der Waals surface area contributed by atoms with Crippen LogP contribution in [0.25, 0.3) is 10.2 Å². The average molecular weight is 489 g/mol. The summed E-state index contributed by atoms with van der Waals surface area (Å²) in [7, 11) is 1.63. The van der Waals surface area contributed by atoms with E-state index >= 15 is 0 Å². The highest BCUT2D eigenvalue weighted by molar-refractivity contribution is 7.22. The zero-order valence-corrected chi connectivity index (χ0v) is 22.1. The second-order valence-corrected chi connectivity index (χ2v) is 11.9. The van der Waals surface area contributed by atoms with Crippen molar-refractivity contribution in [2.45, 2.75) is 64.7 Å². The number of nitrogens with one attached hydrogen (secondary N) is 1. The number of anilines is 1. The maximum absolute atomic E-state index is 12.8. The monoisotopic (exact) mass is 488 g/mol. The van der Waals surface area contributed by atoms with E-state index < -0.39 is 0 Å². The topological polar surface area (TPSA) is 64.4 Å². The van der Waals surface area contributed by atoms with Crippen LogP contribution in [0, 0.1) is 6.92 Å². The Morgan fingerprint density at radius 3 is 2.49 bits per heavy atom. The van der Waals surface area contributed by atoms with Crippen LogP contribution in [0.3, 0.4) is 0 Å². The molecule has 5 rings (SSSR count). The van der Waals surface area contributed by atoms with Crippen LogP contribution in [0.1, 0.15) is 79.1 Å². The fraction of sp³-hybridized carbons (Fsp3) is 0.379. The lowest BCUT2D eigenvalue weighted by Crippen LogP contribution is -2.34. The predicted molar refractivity (Wildman–Crippen MR) is 142 cm³/mol. The molecular weight excluding hydrogens is 456 g/mol. The Labute approximate surface area is 210 Å². The highest BCUT2D eigenvalue weighted by Gasteiger charge is 2.37. The van der Waals surface area contributed by atoms with Crippen molar-refractivity contribution in [1.29, 1.82) is 0 Å². The quantitative estimate of drug-likeness (QED) is 0.318. The van der Waals surface area contributed by atoms with Gasteiger partial charge in [0.25, 0.3) is 5.91 Å². The standard InChI is InChI=1S/C29H32N2O3S/c1-17-13-21-22(29(4,5)12-11-28(21,2)3)15-18(17)14-20-8-10-24(34-20)26(32)31-27-30-23-9-7-19(33-6)16-25(23)35-27/h7-10,13,15-16H,11-12,14H2,1-6H3,(H,30,31,32). The first kappa shape index (κ1) is 23.6. The van der Waals surface area contributed by atoms with Crippen LogP contribution in [-0.4, -0.2) is 18.0 Å². The third-order valence-corrected chi connectivity index (χ3v) is 8.31. The van der Waals surface area contributed by atoms with Crippen molar-refractivity contribution < 1.29 is 13.9 Å². The molecule has 1 aliphatic carbocycles. The molecule has 2 heterocycles. The summed E-state index contributed by atoms with van der Waals surface area (Å²) in [4.78, 5) is 17.3. The van der Waals surface area contributed by atoms with Crippen LogP contribution in [0.2, 0.25) is 0 Å². The molecule has 5 nitrogen and oxygen atoms in total. The van der Waals surface area contributed by atoms with Gasteiger partial charge in [-0.2, -0.15) is 0 Å². The molecule has 4 aromatic rings. The molecule has 0 spiro atoms. The summed E-state index contributed by atoms with van der Waals surface area (Å²) in [5.41, 5.74) is 6.57. The number of amides is 1. The minimum absolute atomic E-state index is 0.156. The van der Waals surface area contributed by atoms with Gasteiger partial charge in [0.1, 0.15) is 11.5 Å². The summed E-state index contributed by atoms with van der Waals surface area (Å²) in [6, 6.07) is 14.0. The second-order valence-electron chi connectivity index (χ2n) is 10.8. The molecule has 2 aromatic carbocycles. The first-order valence-electron chi connectivity index (χ1n) is 12.0. The normalized spacial score (nSPS) is 16.2. The van der Waals surface area contributed by atoms with Gasteiger partial charge >= 0.3 is 0 Å². The van der Waals surface area contributed by atoms with Gasteiger partial charge in [0, 0.05) is 6.42 Å². The smallest absolute Gasteiger partial charge is 0.293 e. The number of aryl methyl sites for hydroxylation is 1. The molecule has 35 heavy (non-hydrogen) atoms. The number of fused-ring (bicyclic) bond motifs is 2. The van der Waals surface area contributed by atoms with Crippen LogP contribution in [-0.2, 0) is 17.3 Å². The van der Waals surface area contributed by atoms with Gasteiger partial charge in [-0.25, -0.2) is 4.98 Å². The summed E-state index contributed by atoms with van der Waals surface area (Å²) in [5.74, 6) is 1.53. The summed E-state index contributed by atoms with van der Waals surface area (Å²) in [6.45, 7) is 11.5. The van der Waals surface area contributed by atoms with E-state index in [2.05, 4.69) is 57.1 Å². The lowest BCUT2D eigenvalue weighted by molar-refractivity contribution is 0.0995. The third kappa shape index (κ3) is 4.47. The third-order valence-electron chi connectivity index (χ3n) is 7.38. The lowest BCUT2D eigenvalue weighted by atomic mass is 9.62. The van der Waals surface area contributed by atoms with E-state index in [1.807, 2.05) is 24.3 Å². The van der Waals surface area contributed by atoms with Crippen molar-refractivity contribution in [3.05, 3.63) is 76.2 Å². The molecule has 1 amide bonds. The van der Waals surface area contributed by atoms with Crippen molar-refractivity contribution in [1.82, 2.24) is 4.98 Å². The van der Waals surface area contributed by atoms with Gasteiger partial charge in [0.2, 0.25) is 0 Å². The summed E-state index contributed by atoms with van der Waals surface area (Å²) in [6.07, 6.45) is 3.04. The first-order valence-corrected chi connectivity index (χ1v) is 12.9. The Balaban J connectivity index is 1.35. The van der Waals surface area contributed by atoms with E-state index in [4.69, 9.17) is 9.15 Å². The Kier molecular flexibility index (Phi) is 5.75. The molecule has 0 aliphatic heterocycles. The number of furan rings is 1. The van der Waals surface area contributed by atoms with Crippen LogP contribution in [0.15, 0.2) is 46.9 Å². The van der Waals surface area contributed by atoms with E-state index in [1.165, 1.54) is 46.4 Å². The number of carbonyl (C=O) groups is 1. The van der Waals surface area contributed by atoms with Crippen molar-refractivity contribution in [2.75, 3.05) is 12.4 Å². The number of hydrogen-bond donors (Lipinski definition) is 1. The molecule has 0 unspecified atom stereocenters. The Hall–Kier alpha value is -3.12. The van der Waals surface area contributed by atoms with Gasteiger partial charge in [-0.15, -0.1) is 0 Å².